The van der Waals surface area contributed by atoms with Gasteiger partial charge in [-0.2, -0.15) is 5.10 Å². The van der Waals surface area contributed by atoms with Gasteiger partial charge in [-0.15, -0.1) is 35.0 Å². The van der Waals surface area contributed by atoms with Crippen LogP contribution in [0.4, 0.5) is 0 Å². The molecule has 1 N–H and O–H groups in total. The van der Waals surface area contributed by atoms with E-state index in [0.717, 1.165) is 76.7 Å². The summed E-state index contributed by atoms with van der Waals surface area (Å²) in [5.41, 5.74) is 3.65. The molecule has 8 nitrogen and oxygen atoms in total. The van der Waals surface area contributed by atoms with Gasteiger partial charge >= 0.3 is 0 Å². The molecular weight excluding hydrogens is 423 g/mol. The Morgan fingerprint density at radius 1 is 1.07 bits per heavy atom. The molecule has 5 heterocycles. The number of pyridine rings is 1. The van der Waals surface area contributed by atoms with Crippen molar-refractivity contribution in [3.05, 3.63) is 59.2 Å². The summed E-state index contributed by atoms with van der Waals surface area (Å²) in [7, 11) is 0. The molecule has 5 rings (SSSR count). The Hall–Kier alpha value is -2.00. The lowest BCUT2D eigenvalue weighted by Gasteiger charge is -2.18. The third-order valence-corrected chi connectivity index (χ3v) is 5.61. The van der Waals surface area contributed by atoms with Crippen LogP contribution in [0.5, 0.6) is 0 Å². The Morgan fingerprint density at radius 3 is 2.87 bits per heavy atom. The van der Waals surface area contributed by atoms with Crippen LogP contribution in [0.2, 0.25) is 0 Å². The molecule has 0 aliphatic carbocycles. The van der Waals surface area contributed by atoms with Crippen molar-refractivity contribution < 1.29 is 0 Å². The summed E-state index contributed by atoms with van der Waals surface area (Å²) >= 11 is 0. The van der Waals surface area contributed by atoms with Crippen molar-refractivity contribution in [2.75, 3.05) is 19.6 Å². The topological polar surface area (TPSA) is 76.7 Å². The molecule has 0 aromatic carbocycles. The number of nitrogens with one attached hydrogen (secondary N) is 1. The molecule has 0 radical (unpaired) electrons. The van der Waals surface area contributed by atoms with Crippen molar-refractivity contribution in [2.45, 2.75) is 45.4 Å². The number of halogens is 2. The molecule has 0 fully saturated rings. The van der Waals surface area contributed by atoms with Crippen molar-refractivity contribution in [1.82, 2.24) is 39.7 Å². The largest absolute Gasteiger partial charge is 0.313 e. The summed E-state index contributed by atoms with van der Waals surface area (Å²) in [6, 6.07) is 6.32. The Morgan fingerprint density at radius 2 is 2.00 bits per heavy atom. The van der Waals surface area contributed by atoms with E-state index in [-0.39, 0.29) is 24.8 Å². The van der Waals surface area contributed by atoms with Crippen LogP contribution in [0.3, 0.4) is 0 Å². The number of aryl methyl sites for hydroxylation is 1. The molecule has 0 saturated heterocycles. The summed E-state index contributed by atoms with van der Waals surface area (Å²) in [5.74, 6) is 2.12. The zero-order valence-electron chi connectivity index (χ0n) is 16.9. The number of hydrogen-bond acceptors (Lipinski definition) is 6. The fourth-order valence-electron chi connectivity index (χ4n) is 4.13. The molecule has 0 saturated carbocycles. The highest BCUT2D eigenvalue weighted by Gasteiger charge is 2.20. The Kier molecular flexibility index (Phi) is 7.82. The van der Waals surface area contributed by atoms with Gasteiger partial charge in [0.05, 0.1) is 11.4 Å². The SMILES string of the molecule is Cl.Cl.c1cncc(Cc2nnc3n2CCN(Cc2cc4n(n2)CCCNC4)CC3)c1. The van der Waals surface area contributed by atoms with E-state index in [0.29, 0.717) is 0 Å². The van der Waals surface area contributed by atoms with Crippen LogP contribution in [0.15, 0.2) is 30.6 Å². The minimum atomic E-state index is 0. The van der Waals surface area contributed by atoms with Gasteiger partial charge in [0, 0.05) is 64.5 Å². The van der Waals surface area contributed by atoms with Gasteiger partial charge in [-0.25, -0.2) is 0 Å². The predicted molar refractivity (Wildman–Crippen MR) is 119 cm³/mol. The highest BCUT2D eigenvalue weighted by molar-refractivity contribution is 5.85. The average Bonchev–Trinajstić information content (AvgIpc) is 3.12. The smallest absolute Gasteiger partial charge is 0.137 e. The molecule has 0 amide bonds. The molecule has 10 heteroatoms. The van der Waals surface area contributed by atoms with Gasteiger partial charge in [-0.1, -0.05) is 6.07 Å². The quantitative estimate of drug-likeness (QED) is 0.653. The first-order chi connectivity index (χ1) is 13.8. The number of hydrogen-bond donors (Lipinski definition) is 1. The Bertz CT molecular complexity index is 916. The van der Waals surface area contributed by atoms with E-state index in [1.165, 1.54) is 17.0 Å². The molecule has 0 spiro atoms. The van der Waals surface area contributed by atoms with Gasteiger partial charge in [-0.05, 0) is 30.7 Å². The van der Waals surface area contributed by atoms with Crippen molar-refractivity contribution in [2.24, 2.45) is 0 Å². The first kappa shape index (κ1) is 22.7. The van der Waals surface area contributed by atoms with Gasteiger partial charge < -0.3 is 9.88 Å². The lowest BCUT2D eigenvalue weighted by molar-refractivity contribution is 0.266. The summed E-state index contributed by atoms with van der Waals surface area (Å²) in [4.78, 5) is 6.69. The van der Waals surface area contributed by atoms with Gasteiger partial charge in [0.15, 0.2) is 0 Å². The molecule has 3 aromatic heterocycles. The second-order valence-corrected chi connectivity index (χ2v) is 7.63. The molecule has 3 aromatic rings. The second kappa shape index (κ2) is 10.3. The first-order valence-electron chi connectivity index (χ1n) is 10.1. The van der Waals surface area contributed by atoms with Crippen LogP contribution in [0.1, 0.15) is 35.0 Å². The average molecular weight is 451 g/mol. The monoisotopic (exact) mass is 450 g/mol. The van der Waals surface area contributed by atoms with Gasteiger partial charge in [0.1, 0.15) is 11.6 Å². The van der Waals surface area contributed by atoms with Crippen LogP contribution in [-0.4, -0.2) is 54.1 Å². The maximum Gasteiger partial charge on any atom is 0.137 e. The van der Waals surface area contributed by atoms with Crippen molar-refractivity contribution in [1.29, 1.82) is 0 Å². The lowest BCUT2D eigenvalue weighted by Crippen LogP contribution is -2.27. The fourth-order valence-corrected chi connectivity index (χ4v) is 4.13. The third kappa shape index (κ3) is 5.00. The predicted octanol–water partition coefficient (Wildman–Crippen LogP) is 1.86. The second-order valence-electron chi connectivity index (χ2n) is 7.63. The van der Waals surface area contributed by atoms with E-state index in [1.54, 1.807) is 6.20 Å². The summed E-state index contributed by atoms with van der Waals surface area (Å²) < 4.78 is 4.47. The van der Waals surface area contributed by atoms with Gasteiger partial charge in [-0.3, -0.25) is 14.6 Å². The van der Waals surface area contributed by atoms with Crippen LogP contribution in [0.25, 0.3) is 0 Å². The zero-order valence-corrected chi connectivity index (χ0v) is 18.5. The summed E-state index contributed by atoms with van der Waals surface area (Å²) in [6.07, 6.45) is 6.56. The molecule has 2 aliphatic heterocycles. The number of nitrogens with zero attached hydrogens (tertiary/aromatic N) is 7. The Balaban J connectivity index is 0.00000128. The minimum Gasteiger partial charge on any atom is -0.313 e. The molecule has 162 valence electrons. The third-order valence-electron chi connectivity index (χ3n) is 5.61. The molecular formula is C20H28Cl2N8. The van der Waals surface area contributed by atoms with Crippen LogP contribution >= 0.6 is 24.8 Å². The van der Waals surface area contributed by atoms with E-state index < -0.39 is 0 Å². The molecule has 30 heavy (non-hydrogen) atoms. The van der Waals surface area contributed by atoms with Crippen LogP contribution in [0, 0.1) is 0 Å². The van der Waals surface area contributed by atoms with Crippen molar-refractivity contribution >= 4 is 24.8 Å². The lowest BCUT2D eigenvalue weighted by atomic mass is 10.2. The van der Waals surface area contributed by atoms with E-state index in [9.17, 15) is 0 Å². The van der Waals surface area contributed by atoms with Gasteiger partial charge in [0.2, 0.25) is 0 Å². The fraction of sp³-hybridized carbons (Fsp3) is 0.500. The maximum absolute atomic E-state index is 4.84. The normalized spacial score (nSPS) is 16.4. The first-order valence-corrected chi connectivity index (χ1v) is 10.1. The molecule has 2 aliphatic rings. The highest BCUT2D eigenvalue weighted by atomic mass is 35.5. The van der Waals surface area contributed by atoms with E-state index in [1.807, 2.05) is 12.3 Å². The summed E-state index contributed by atoms with van der Waals surface area (Å²) in [6.45, 7) is 6.82. The molecule has 0 atom stereocenters. The number of fused-ring (bicyclic) bond motifs is 2. The minimum absolute atomic E-state index is 0. The van der Waals surface area contributed by atoms with Crippen molar-refractivity contribution in [3.8, 4) is 0 Å². The number of aromatic nitrogens is 6. The standard InChI is InChI=1S/C20H26N8.2ClH/c1-3-16(13-21-5-1)11-20-24-23-19-4-8-26(9-10-27(19)20)15-17-12-18-14-22-6-2-7-28(18)25-17;;/h1,3,5,12-13,22H,2,4,6-11,14-15H2;2*1H. The molecule has 0 unspecified atom stereocenters. The van der Waals surface area contributed by atoms with Gasteiger partial charge in [0.25, 0.3) is 0 Å². The van der Waals surface area contributed by atoms with Crippen LogP contribution in [-0.2, 0) is 39.0 Å². The number of rotatable bonds is 4. The maximum atomic E-state index is 4.84. The Labute approximate surface area is 188 Å². The molecule has 0 bridgehead atoms. The zero-order chi connectivity index (χ0) is 18.8. The van der Waals surface area contributed by atoms with E-state index in [2.05, 4.69) is 46.8 Å². The highest BCUT2D eigenvalue weighted by Crippen LogP contribution is 2.16. The van der Waals surface area contributed by atoms with Crippen molar-refractivity contribution in [3.63, 3.8) is 0 Å². The summed E-state index contributed by atoms with van der Waals surface area (Å²) in [5, 5.41) is 17.2. The van der Waals surface area contributed by atoms with E-state index in [4.69, 9.17) is 5.10 Å². The van der Waals surface area contributed by atoms with Crippen LogP contribution < -0.4 is 5.32 Å². The van der Waals surface area contributed by atoms with E-state index >= 15 is 0 Å².